The molecule has 5 rings (SSSR count). The summed E-state index contributed by atoms with van der Waals surface area (Å²) in [6.45, 7) is 1.70. The second kappa shape index (κ2) is 8.55. The van der Waals surface area contributed by atoms with Gasteiger partial charge in [-0.2, -0.15) is 5.10 Å². The zero-order valence-corrected chi connectivity index (χ0v) is 17.5. The van der Waals surface area contributed by atoms with Crippen LogP contribution < -0.4 is 5.32 Å². The van der Waals surface area contributed by atoms with Gasteiger partial charge in [-0.05, 0) is 67.1 Å². The molecule has 2 fully saturated rings. The molecule has 2 aromatic carbocycles. The van der Waals surface area contributed by atoms with Crippen molar-refractivity contribution in [2.45, 2.75) is 56.9 Å². The van der Waals surface area contributed by atoms with Crippen LogP contribution in [0.4, 0.5) is 5.69 Å². The van der Waals surface area contributed by atoms with Crippen LogP contribution in [0.15, 0.2) is 67.0 Å². The Hall–Kier alpha value is -3.12. The van der Waals surface area contributed by atoms with Crippen LogP contribution >= 0.6 is 0 Å². The van der Waals surface area contributed by atoms with Crippen molar-refractivity contribution in [3.8, 4) is 0 Å². The van der Waals surface area contributed by atoms with Gasteiger partial charge < -0.3 is 10.4 Å². The summed E-state index contributed by atoms with van der Waals surface area (Å²) in [4.78, 5) is 13.7. The molecule has 6 heteroatoms. The number of carbonyl (C=O) groups is 1. The van der Waals surface area contributed by atoms with Crippen LogP contribution in [0, 0.1) is 0 Å². The number of nitrogens with zero attached hydrogens (tertiary/aromatic N) is 3. The molecule has 2 aliphatic rings. The van der Waals surface area contributed by atoms with E-state index < -0.39 is 5.97 Å². The Morgan fingerprint density at radius 1 is 0.968 bits per heavy atom. The molecular weight excluding hydrogens is 388 g/mol. The van der Waals surface area contributed by atoms with Gasteiger partial charge in [0.1, 0.15) is 0 Å². The maximum absolute atomic E-state index is 11.1. The average Bonchev–Trinajstić information content (AvgIpc) is 3.35. The number of benzene rings is 2. The Labute approximate surface area is 182 Å². The van der Waals surface area contributed by atoms with E-state index >= 15 is 0 Å². The fraction of sp³-hybridized carbons (Fsp3) is 0.360. The van der Waals surface area contributed by atoms with E-state index in [0.717, 1.165) is 25.9 Å². The Balaban J connectivity index is 1.17. The van der Waals surface area contributed by atoms with Gasteiger partial charge in [-0.15, -0.1) is 0 Å². The number of carboxylic acid groups (broad SMARTS) is 1. The molecule has 160 valence electrons. The monoisotopic (exact) mass is 416 g/mol. The van der Waals surface area contributed by atoms with E-state index in [2.05, 4.69) is 39.6 Å². The summed E-state index contributed by atoms with van der Waals surface area (Å²) in [6.07, 6.45) is 8.59. The Morgan fingerprint density at radius 3 is 2.23 bits per heavy atom. The quantitative estimate of drug-likeness (QED) is 0.603. The predicted octanol–water partition coefficient (Wildman–Crippen LogP) is 4.24. The van der Waals surface area contributed by atoms with Crippen molar-refractivity contribution < 1.29 is 9.90 Å². The molecule has 31 heavy (non-hydrogen) atoms. The lowest BCUT2D eigenvalue weighted by atomic mass is 9.96. The van der Waals surface area contributed by atoms with Crippen molar-refractivity contribution in [3.63, 3.8) is 0 Å². The first kappa shape index (κ1) is 19.8. The number of hydrogen-bond donors (Lipinski definition) is 2. The fourth-order valence-electron chi connectivity index (χ4n) is 5.14. The van der Waals surface area contributed by atoms with Gasteiger partial charge in [-0.3, -0.25) is 9.58 Å². The molecule has 6 nitrogen and oxygen atoms in total. The van der Waals surface area contributed by atoms with Crippen molar-refractivity contribution in [2.24, 2.45) is 0 Å². The third-order valence-electron chi connectivity index (χ3n) is 6.68. The molecule has 2 N–H and O–H groups in total. The second-order valence-electron chi connectivity index (χ2n) is 8.77. The number of carboxylic acids is 1. The molecule has 2 bridgehead atoms. The van der Waals surface area contributed by atoms with E-state index in [1.165, 1.54) is 29.7 Å². The highest BCUT2D eigenvalue weighted by atomic mass is 16.4. The number of hydrogen-bond acceptors (Lipinski definition) is 4. The lowest BCUT2D eigenvalue weighted by Gasteiger charge is -2.39. The summed E-state index contributed by atoms with van der Waals surface area (Å²) in [7, 11) is 0. The third-order valence-corrected chi connectivity index (χ3v) is 6.68. The minimum atomic E-state index is -0.868. The van der Waals surface area contributed by atoms with Crippen LogP contribution in [0.5, 0.6) is 0 Å². The number of nitrogens with one attached hydrogen (secondary N) is 1. The van der Waals surface area contributed by atoms with Gasteiger partial charge in [0, 0.05) is 42.8 Å². The van der Waals surface area contributed by atoms with E-state index in [4.69, 9.17) is 5.11 Å². The number of piperidine rings is 1. The highest BCUT2D eigenvalue weighted by Crippen LogP contribution is 2.38. The largest absolute Gasteiger partial charge is 0.478 e. The standard InChI is InChI=1S/C25H28N4O2/c30-25(31)20-6-2-19(3-7-20)17-29-23-10-11-24(29)15-22(14-23)27-21-8-4-18(5-9-21)16-28-13-1-12-26-28/h1-9,12-13,22-24,27H,10-11,14-17H2,(H,30,31)/t22-,23-,24+. The normalized spacial score (nSPS) is 23.0. The lowest BCUT2D eigenvalue weighted by Crippen LogP contribution is -2.46. The minimum absolute atomic E-state index is 0.352. The topological polar surface area (TPSA) is 70.4 Å². The molecule has 0 spiro atoms. The van der Waals surface area contributed by atoms with Crippen molar-refractivity contribution in [1.82, 2.24) is 14.7 Å². The van der Waals surface area contributed by atoms with Crippen LogP contribution in [0.1, 0.15) is 47.2 Å². The summed E-state index contributed by atoms with van der Waals surface area (Å²) in [5.74, 6) is -0.868. The van der Waals surface area contributed by atoms with Crippen molar-refractivity contribution in [2.75, 3.05) is 5.32 Å². The van der Waals surface area contributed by atoms with Gasteiger partial charge >= 0.3 is 5.97 Å². The first-order valence-electron chi connectivity index (χ1n) is 11.0. The van der Waals surface area contributed by atoms with Crippen LogP contribution in [-0.4, -0.2) is 43.9 Å². The number of anilines is 1. The van der Waals surface area contributed by atoms with Crippen molar-refractivity contribution in [3.05, 3.63) is 83.7 Å². The highest BCUT2D eigenvalue weighted by molar-refractivity contribution is 5.87. The lowest BCUT2D eigenvalue weighted by molar-refractivity contribution is 0.0696. The smallest absolute Gasteiger partial charge is 0.335 e. The summed E-state index contributed by atoms with van der Waals surface area (Å²) in [5.41, 5.74) is 3.98. The predicted molar refractivity (Wildman–Crippen MR) is 120 cm³/mol. The molecule has 0 amide bonds. The summed E-state index contributed by atoms with van der Waals surface area (Å²) >= 11 is 0. The fourth-order valence-corrected chi connectivity index (χ4v) is 5.14. The van der Waals surface area contributed by atoms with Crippen LogP contribution in [0.2, 0.25) is 0 Å². The van der Waals surface area contributed by atoms with Gasteiger partial charge in [-0.1, -0.05) is 24.3 Å². The number of aromatic carboxylic acids is 1. The summed E-state index contributed by atoms with van der Waals surface area (Å²) in [6, 6.07) is 19.7. The molecule has 1 aromatic heterocycles. The maximum atomic E-state index is 11.1. The first-order valence-corrected chi connectivity index (χ1v) is 11.0. The third kappa shape index (κ3) is 4.49. The molecular formula is C25H28N4O2. The SMILES string of the molecule is O=C(O)c1ccc(CN2[C@@H]3CC[C@H]2C[C@H](Nc2ccc(Cn4cccn4)cc2)C3)cc1. The van der Waals surface area contributed by atoms with Gasteiger partial charge in [0.15, 0.2) is 0 Å². The Kier molecular flexibility index (Phi) is 5.47. The van der Waals surface area contributed by atoms with Crippen LogP contribution in [-0.2, 0) is 13.1 Å². The molecule has 3 atom stereocenters. The van der Waals surface area contributed by atoms with Crippen molar-refractivity contribution >= 4 is 11.7 Å². The molecule has 2 aliphatic heterocycles. The molecule has 0 aliphatic carbocycles. The van der Waals surface area contributed by atoms with E-state index in [1.54, 1.807) is 12.1 Å². The Bertz CT molecular complexity index is 1000. The summed E-state index contributed by atoms with van der Waals surface area (Å²) in [5, 5.41) is 17.1. The van der Waals surface area contributed by atoms with Gasteiger partial charge in [0.05, 0.1) is 12.1 Å². The average molecular weight is 417 g/mol. The van der Waals surface area contributed by atoms with E-state index in [9.17, 15) is 4.79 Å². The number of aromatic nitrogens is 2. The second-order valence-corrected chi connectivity index (χ2v) is 8.77. The molecule has 3 aromatic rings. The summed E-state index contributed by atoms with van der Waals surface area (Å²) < 4.78 is 1.94. The zero-order chi connectivity index (χ0) is 21.2. The zero-order valence-electron chi connectivity index (χ0n) is 17.5. The van der Waals surface area contributed by atoms with E-state index in [-0.39, 0.29) is 0 Å². The Morgan fingerprint density at radius 2 is 1.61 bits per heavy atom. The maximum Gasteiger partial charge on any atom is 0.335 e. The van der Waals surface area contributed by atoms with E-state index in [1.807, 2.05) is 35.3 Å². The van der Waals surface area contributed by atoms with Crippen LogP contribution in [0.3, 0.4) is 0 Å². The van der Waals surface area contributed by atoms with Gasteiger partial charge in [0.25, 0.3) is 0 Å². The molecule has 0 unspecified atom stereocenters. The molecule has 2 saturated heterocycles. The minimum Gasteiger partial charge on any atom is -0.478 e. The van der Waals surface area contributed by atoms with Gasteiger partial charge in [0.2, 0.25) is 0 Å². The first-order chi connectivity index (χ1) is 15.1. The highest BCUT2D eigenvalue weighted by Gasteiger charge is 2.40. The molecule has 3 heterocycles. The van der Waals surface area contributed by atoms with Gasteiger partial charge in [-0.25, -0.2) is 4.79 Å². The van der Waals surface area contributed by atoms with E-state index in [0.29, 0.717) is 23.7 Å². The number of rotatable bonds is 7. The number of fused-ring (bicyclic) bond motifs is 2. The molecule has 0 saturated carbocycles. The molecule has 0 radical (unpaired) electrons. The van der Waals surface area contributed by atoms with Crippen LogP contribution in [0.25, 0.3) is 0 Å². The van der Waals surface area contributed by atoms with Crippen molar-refractivity contribution in [1.29, 1.82) is 0 Å².